The van der Waals surface area contributed by atoms with Crippen LogP contribution in [0.15, 0.2) is 29.8 Å². The zero-order valence-corrected chi connectivity index (χ0v) is 15.7. The van der Waals surface area contributed by atoms with Crippen molar-refractivity contribution in [1.29, 1.82) is 0 Å². The Hall–Kier alpha value is -2.12. The molecule has 2 rings (SSSR count). The summed E-state index contributed by atoms with van der Waals surface area (Å²) in [6.45, 7) is 5.10. The van der Waals surface area contributed by atoms with Gasteiger partial charge >= 0.3 is 11.9 Å². The fourth-order valence-corrected chi connectivity index (χ4v) is 3.18. The Morgan fingerprint density at radius 3 is 2.36 bits per heavy atom. The Morgan fingerprint density at radius 1 is 1.24 bits per heavy atom. The minimum Gasteiger partial charge on any atom is -0.465 e. The van der Waals surface area contributed by atoms with E-state index in [1.54, 1.807) is 38.2 Å². The molecule has 6 nitrogen and oxygen atoms in total. The first kappa shape index (κ1) is 19.2. The highest BCUT2D eigenvalue weighted by molar-refractivity contribution is 7.13. The van der Waals surface area contributed by atoms with Crippen LogP contribution in [0, 0.1) is 0 Å². The molecule has 0 aliphatic carbocycles. The molecule has 1 aromatic heterocycles. The standard InChI is InChI=1S/C17H19ClN2O4S/c1-4-23-14(21)17(3,15(22)24-5-2)12-7-6-11(10-13(12)18)20-16-19-8-9-25-16/h6-10H,4-5H2,1-3H3,(H,19,20). The first-order valence-electron chi connectivity index (χ1n) is 7.74. The van der Waals surface area contributed by atoms with Crippen LogP contribution >= 0.6 is 22.9 Å². The van der Waals surface area contributed by atoms with Crippen LogP contribution in [-0.4, -0.2) is 30.1 Å². The van der Waals surface area contributed by atoms with Gasteiger partial charge in [-0.15, -0.1) is 11.3 Å². The molecule has 0 atom stereocenters. The molecule has 0 aliphatic rings. The number of carbonyl (C=O) groups excluding carboxylic acids is 2. The van der Waals surface area contributed by atoms with Gasteiger partial charge in [0.05, 0.1) is 13.2 Å². The fourth-order valence-electron chi connectivity index (χ4n) is 2.26. The number of aromatic nitrogens is 1. The lowest BCUT2D eigenvalue weighted by atomic mass is 9.82. The second-order valence-corrected chi connectivity index (χ2v) is 6.52. The zero-order valence-electron chi connectivity index (χ0n) is 14.2. The maximum atomic E-state index is 12.5. The van der Waals surface area contributed by atoms with Gasteiger partial charge in [-0.25, -0.2) is 4.98 Å². The highest BCUT2D eigenvalue weighted by Crippen LogP contribution is 2.35. The molecule has 0 saturated carbocycles. The van der Waals surface area contributed by atoms with Crippen LogP contribution in [0.3, 0.4) is 0 Å². The van der Waals surface area contributed by atoms with Crippen molar-refractivity contribution in [1.82, 2.24) is 4.98 Å². The molecule has 0 fully saturated rings. The summed E-state index contributed by atoms with van der Waals surface area (Å²) < 4.78 is 10.2. The van der Waals surface area contributed by atoms with Crippen molar-refractivity contribution in [3.63, 3.8) is 0 Å². The Balaban J connectivity index is 2.39. The Labute approximate surface area is 155 Å². The maximum Gasteiger partial charge on any atom is 0.327 e. The highest BCUT2D eigenvalue weighted by atomic mass is 35.5. The van der Waals surface area contributed by atoms with E-state index in [0.717, 1.165) is 0 Å². The van der Waals surface area contributed by atoms with Gasteiger partial charge in [0.25, 0.3) is 0 Å². The number of ether oxygens (including phenoxy) is 2. The van der Waals surface area contributed by atoms with Crippen molar-refractivity contribution < 1.29 is 19.1 Å². The number of esters is 2. The number of thiazole rings is 1. The molecule has 0 aliphatic heterocycles. The van der Waals surface area contributed by atoms with Crippen LogP contribution in [0.2, 0.25) is 5.02 Å². The second kappa shape index (κ2) is 8.31. The van der Waals surface area contributed by atoms with E-state index in [0.29, 0.717) is 16.4 Å². The molecular weight excluding hydrogens is 364 g/mol. The maximum absolute atomic E-state index is 12.5. The molecule has 0 bridgehead atoms. The van der Waals surface area contributed by atoms with Gasteiger partial charge in [-0.3, -0.25) is 9.59 Å². The van der Waals surface area contributed by atoms with Gasteiger partial charge in [-0.1, -0.05) is 17.7 Å². The van der Waals surface area contributed by atoms with Crippen molar-refractivity contribution in [3.8, 4) is 0 Å². The number of carbonyl (C=O) groups is 2. The number of hydrogen-bond donors (Lipinski definition) is 1. The Kier molecular flexibility index (Phi) is 6.39. The van der Waals surface area contributed by atoms with E-state index in [1.165, 1.54) is 18.3 Å². The molecule has 1 heterocycles. The van der Waals surface area contributed by atoms with Crippen molar-refractivity contribution in [2.45, 2.75) is 26.2 Å². The first-order valence-corrected chi connectivity index (χ1v) is 9.00. The molecule has 2 aromatic rings. The minimum absolute atomic E-state index is 0.148. The molecule has 0 spiro atoms. The third-order valence-corrected chi connectivity index (χ3v) is 4.56. The van der Waals surface area contributed by atoms with Crippen molar-refractivity contribution >= 4 is 45.7 Å². The summed E-state index contributed by atoms with van der Waals surface area (Å²) in [6.07, 6.45) is 1.68. The monoisotopic (exact) mass is 382 g/mol. The van der Waals surface area contributed by atoms with Crippen LogP contribution in [0.5, 0.6) is 0 Å². The number of anilines is 2. The van der Waals surface area contributed by atoms with Gasteiger partial charge in [-0.05, 0) is 38.5 Å². The minimum atomic E-state index is -1.64. The van der Waals surface area contributed by atoms with Gasteiger partial charge in [0.2, 0.25) is 0 Å². The van der Waals surface area contributed by atoms with Crippen molar-refractivity contribution in [2.75, 3.05) is 18.5 Å². The summed E-state index contributed by atoms with van der Waals surface area (Å²) in [6, 6.07) is 4.97. The van der Waals surface area contributed by atoms with Crippen LogP contribution in [0.1, 0.15) is 26.3 Å². The molecule has 0 unspecified atom stereocenters. The molecule has 25 heavy (non-hydrogen) atoms. The summed E-state index contributed by atoms with van der Waals surface area (Å²) in [5, 5.41) is 5.91. The third kappa shape index (κ3) is 4.11. The molecule has 0 radical (unpaired) electrons. The normalized spacial score (nSPS) is 11.0. The highest BCUT2D eigenvalue weighted by Gasteiger charge is 2.47. The molecule has 1 N–H and O–H groups in total. The lowest BCUT2D eigenvalue weighted by Crippen LogP contribution is -2.43. The van der Waals surface area contributed by atoms with E-state index in [2.05, 4.69) is 10.3 Å². The number of benzene rings is 1. The number of hydrogen-bond acceptors (Lipinski definition) is 7. The van der Waals surface area contributed by atoms with Crippen LogP contribution in [0.4, 0.5) is 10.8 Å². The summed E-state index contributed by atoms with van der Waals surface area (Å²) in [4.78, 5) is 29.1. The summed E-state index contributed by atoms with van der Waals surface area (Å²) in [5.74, 6) is -1.40. The number of rotatable bonds is 7. The van der Waals surface area contributed by atoms with E-state index < -0.39 is 17.4 Å². The van der Waals surface area contributed by atoms with Gasteiger partial charge in [0, 0.05) is 22.3 Å². The summed E-state index contributed by atoms with van der Waals surface area (Å²) in [7, 11) is 0. The smallest absolute Gasteiger partial charge is 0.327 e. The van der Waals surface area contributed by atoms with E-state index >= 15 is 0 Å². The summed E-state index contributed by atoms with van der Waals surface area (Å²) in [5.41, 5.74) is -0.613. The van der Waals surface area contributed by atoms with Gasteiger partial charge in [0.15, 0.2) is 10.5 Å². The van der Waals surface area contributed by atoms with Crippen LogP contribution in [0.25, 0.3) is 0 Å². The quantitative estimate of drug-likeness (QED) is 0.577. The molecule has 8 heteroatoms. The fraction of sp³-hybridized carbons (Fsp3) is 0.353. The van der Waals surface area contributed by atoms with Crippen LogP contribution in [-0.2, 0) is 24.5 Å². The first-order chi connectivity index (χ1) is 11.9. The van der Waals surface area contributed by atoms with Crippen LogP contribution < -0.4 is 5.32 Å². The largest absolute Gasteiger partial charge is 0.465 e. The van der Waals surface area contributed by atoms with Gasteiger partial charge < -0.3 is 14.8 Å². The topological polar surface area (TPSA) is 77.5 Å². The average Bonchev–Trinajstić information content (AvgIpc) is 3.07. The Bertz CT molecular complexity index is 731. The van der Waals surface area contributed by atoms with E-state index in [9.17, 15) is 9.59 Å². The number of halogens is 1. The lowest BCUT2D eigenvalue weighted by molar-refractivity contribution is -0.163. The van der Waals surface area contributed by atoms with E-state index in [4.69, 9.17) is 21.1 Å². The van der Waals surface area contributed by atoms with Crippen molar-refractivity contribution in [2.24, 2.45) is 0 Å². The SMILES string of the molecule is CCOC(=O)C(C)(C(=O)OCC)c1ccc(Nc2nccs2)cc1Cl. The molecule has 0 saturated heterocycles. The number of nitrogens with zero attached hydrogens (tertiary/aromatic N) is 1. The van der Waals surface area contributed by atoms with Crippen molar-refractivity contribution in [3.05, 3.63) is 40.4 Å². The molecule has 0 amide bonds. The van der Waals surface area contributed by atoms with Gasteiger partial charge in [-0.2, -0.15) is 0 Å². The summed E-state index contributed by atoms with van der Waals surface area (Å²) >= 11 is 7.81. The second-order valence-electron chi connectivity index (χ2n) is 5.22. The molecule has 1 aromatic carbocycles. The Morgan fingerprint density at radius 2 is 1.88 bits per heavy atom. The van der Waals surface area contributed by atoms with E-state index in [-0.39, 0.29) is 18.2 Å². The molecular formula is C17H19ClN2O4S. The molecule has 134 valence electrons. The zero-order chi connectivity index (χ0) is 18.4. The van der Waals surface area contributed by atoms with E-state index in [1.807, 2.05) is 5.38 Å². The predicted octanol–water partition coefficient (Wildman–Crippen LogP) is 3.92. The average molecular weight is 383 g/mol. The third-order valence-electron chi connectivity index (χ3n) is 3.56. The van der Waals surface area contributed by atoms with Gasteiger partial charge in [0.1, 0.15) is 0 Å². The predicted molar refractivity (Wildman–Crippen MR) is 97.5 cm³/mol. The lowest BCUT2D eigenvalue weighted by Gasteiger charge is -2.26. The number of nitrogens with one attached hydrogen (secondary N) is 1.